The molecule has 2 aliphatic rings. The Labute approximate surface area is 197 Å². The Hall–Kier alpha value is -3.59. The van der Waals surface area contributed by atoms with Crippen LogP contribution in [0.1, 0.15) is 44.2 Å². The van der Waals surface area contributed by atoms with Crippen LogP contribution in [0.3, 0.4) is 0 Å². The van der Waals surface area contributed by atoms with E-state index in [1.54, 1.807) is 20.8 Å². The van der Waals surface area contributed by atoms with Crippen LogP contribution in [0.4, 0.5) is 9.59 Å². The van der Waals surface area contributed by atoms with Crippen LogP contribution in [-0.4, -0.2) is 59.1 Å². The van der Waals surface area contributed by atoms with Gasteiger partial charge in [0.2, 0.25) is 0 Å². The predicted octanol–water partition coefficient (Wildman–Crippen LogP) is 3.92. The minimum atomic E-state index is -1.17. The normalized spacial score (nSPS) is 19.3. The van der Waals surface area contributed by atoms with E-state index in [9.17, 15) is 19.5 Å². The minimum absolute atomic E-state index is 0.00925. The second-order valence-electron chi connectivity index (χ2n) is 9.39. The standard InChI is InChI=1S/C25H28N2O7/c1-25(2,3)33-23(30)26-34-15-12-21(22(28)29)27(13-15)24(31)32-14-20-18-10-6-4-8-16(18)17-9-5-7-11-19(17)20/h4-11,15,20-21H,12-14H2,1-3H3,(H,26,30)(H,28,29)/t15?,21-/m0/s1. The summed E-state index contributed by atoms with van der Waals surface area (Å²) in [6.45, 7) is 5.17. The van der Waals surface area contributed by atoms with Crippen molar-refractivity contribution in [3.63, 3.8) is 0 Å². The van der Waals surface area contributed by atoms with Crippen LogP contribution in [0.5, 0.6) is 0 Å². The number of fused-ring (bicyclic) bond motifs is 3. The Morgan fingerprint density at radius 2 is 1.62 bits per heavy atom. The summed E-state index contributed by atoms with van der Waals surface area (Å²) in [6, 6.07) is 14.8. The number of nitrogens with zero attached hydrogens (tertiary/aromatic N) is 1. The van der Waals surface area contributed by atoms with Crippen LogP contribution < -0.4 is 5.48 Å². The van der Waals surface area contributed by atoms with E-state index in [1.165, 1.54) is 0 Å². The van der Waals surface area contributed by atoms with Crippen molar-refractivity contribution in [1.29, 1.82) is 0 Å². The molecule has 4 rings (SSSR count). The van der Waals surface area contributed by atoms with E-state index in [0.717, 1.165) is 27.2 Å². The molecule has 34 heavy (non-hydrogen) atoms. The summed E-state index contributed by atoms with van der Waals surface area (Å²) in [7, 11) is 0. The van der Waals surface area contributed by atoms with Crippen LogP contribution in [0.2, 0.25) is 0 Å². The summed E-state index contributed by atoms with van der Waals surface area (Å²) in [4.78, 5) is 42.9. The second kappa shape index (κ2) is 9.34. The third kappa shape index (κ3) is 4.99. The molecule has 2 aromatic rings. The number of carboxylic acids is 1. The molecule has 2 aromatic carbocycles. The fraction of sp³-hybridized carbons (Fsp3) is 0.400. The number of amides is 2. The predicted molar refractivity (Wildman–Crippen MR) is 122 cm³/mol. The number of hydrogen-bond donors (Lipinski definition) is 2. The van der Waals surface area contributed by atoms with E-state index in [0.29, 0.717) is 0 Å². The molecule has 1 saturated heterocycles. The summed E-state index contributed by atoms with van der Waals surface area (Å²) >= 11 is 0. The van der Waals surface area contributed by atoms with Gasteiger partial charge in [0.25, 0.3) is 0 Å². The zero-order valence-electron chi connectivity index (χ0n) is 19.3. The highest BCUT2D eigenvalue weighted by atomic mass is 16.7. The molecule has 0 saturated carbocycles. The van der Waals surface area contributed by atoms with E-state index < -0.39 is 35.9 Å². The van der Waals surface area contributed by atoms with Gasteiger partial charge < -0.3 is 14.6 Å². The van der Waals surface area contributed by atoms with Crippen LogP contribution in [-0.2, 0) is 19.1 Å². The van der Waals surface area contributed by atoms with Crippen molar-refractivity contribution in [3.8, 4) is 11.1 Å². The van der Waals surface area contributed by atoms with Crippen molar-refractivity contribution in [1.82, 2.24) is 10.4 Å². The number of benzene rings is 2. The molecule has 0 aromatic heterocycles. The smallest absolute Gasteiger partial charge is 0.431 e. The fourth-order valence-corrected chi connectivity index (χ4v) is 4.43. The number of carbonyl (C=O) groups is 3. The Bertz CT molecular complexity index is 1050. The van der Waals surface area contributed by atoms with Crippen molar-refractivity contribution in [2.75, 3.05) is 13.2 Å². The molecule has 9 heteroatoms. The van der Waals surface area contributed by atoms with Crippen LogP contribution >= 0.6 is 0 Å². The van der Waals surface area contributed by atoms with Crippen molar-refractivity contribution in [2.45, 2.75) is 50.9 Å². The number of nitrogens with one attached hydrogen (secondary N) is 1. The summed E-state index contributed by atoms with van der Waals surface area (Å²) < 4.78 is 10.7. The van der Waals surface area contributed by atoms with Gasteiger partial charge >= 0.3 is 18.2 Å². The van der Waals surface area contributed by atoms with Gasteiger partial charge in [0, 0.05) is 12.3 Å². The Morgan fingerprint density at radius 3 is 2.18 bits per heavy atom. The Morgan fingerprint density at radius 1 is 1.03 bits per heavy atom. The van der Waals surface area contributed by atoms with Crippen molar-refractivity contribution < 1.29 is 33.8 Å². The van der Waals surface area contributed by atoms with E-state index in [2.05, 4.69) is 5.48 Å². The Kier molecular flexibility index (Phi) is 6.47. The second-order valence-corrected chi connectivity index (χ2v) is 9.39. The average Bonchev–Trinajstić information content (AvgIpc) is 3.35. The third-order valence-electron chi connectivity index (χ3n) is 5.83. The summed E-state index contributed by atoms with van der Waals surface area (Å²) in [6.07, 6.45) is -2.24. The van der Waals surface area contributed by atoms with Crippen molar-refractivity contribution in [2.24, 2.45) is 0 Å². The number of rotatable bonds is 5. The number of ether oxygens (including phenoxy) is 2. The molecule has 0 bridgehead atoms. The van der Waals surface area contributed by atoms with Crippen LogP contribution in [0.25, 0.3) is 11.1 Å². The lowest BCUT2D eigenvalue weighted by Crippen LogP contribution is -2.41. The van der Waals surface area contributed by atoms with E-state index in [4.69, 9.17) is 14.3 Å². The number of likely N-dealkylation sites (tertiary alicyclic amines) is 1. The highest BCUT2D eigenvalue weighted by Crippen LogP contribution is 2.44. The molecule has 1 aliphatic carbocycles. The lowest BCUT2D eigenvalue weighted by molar-refractivity contribution is -0.141. The molecule has 180 valence electrons. The van der Waals surface area contributed by atoms with Gasteiger partial charge in [-0.3, -0.25) is 9.74 Å². The van der Waals surface area contributed by atoms with Crippen LogP contribution in [0.15, 0.2) is 48.5 Å². The molecule has 0 radical (unpaired) electrons. The first-order chi connectivity index (χ1) is 16.1. The zero-order chi connectivity index (χ0) is 24.5. The van der Waals surface area contributed by atoms with Gasteiger partial charge in [-0.25, -0.2) is 14.4 Å². The summed E-state index contributed by atoms with van der Waals surface area (Å²) in [5.41, 5.74) is 5.79. The molecule has 0 spiro atoms. The number of carboxylic acid groups (broad SMARTS) is 1. The molecule has 9 nitrogen and oxygen atoms in total. The first-order valence-corrected chi connectivity index (χ1v) is 11.1. The SMILES string of the molecule is CC(C)(C)OC(=O)NOC1C[C@@H](C(=O)O)N(C(=O)OCC2c3ccccc3-c3ccccc32)C1. The first kappa shape index (κ1) is 23.6. The quantitative estimate of drug-likeness (QED) is 0.639. The molecule has 1 unspecified atom stereocenters. The molecule has 2 amide bonds. The van der Waals surface area contributed by atoms with E-state index >= 15 is 0 Å². The molecule has 1 aliphatic heterocycles. The summed E-state index contributed by atoms with van der Waals surface area (Å²) in [5.74, 6) is -1.31. The maximum Gasteiger partial charge on any atom is 0.431 e. The molecular weight excluding hydrogens is 440 g/mol. The molecular formula is C25H28N2O7. The van der Waals surface area contributed by atoms with Gasteiger partial charge in [-0.1, -0.05) is 48.5 Å². The monoisotopic (exact) mass is 468 g/mol. The van der Waals surface area contributed by atoms with Crippen LogP contribution in [0, 0.1) is 0 Å². The molecule has 2 atom stereocenters. The average molecular weight is 469 g/mol. The largest absolute Gasteiger partial charge is 0.480 e. The highest BCUT2D eigenvalue weighted by molar-refractivity contribution is 5.82. The minimum Gasteiger partial charge on any atom is -0.480 e. The molecule has 2 N–H and O–H groups in total. The maximum absolute atomic E-state index is 12.9. The molecule has 1 heterocycles. The first-order valence-electron chi connectivity index (χ1n) is 11.1. The molecule has 1 fully saturated rings. The van der Waals surface area contributed by atoms with Gasteiger partial charge in [0.05, 0.1) is 6.54 Å². The number of aliphatic carboxylic acids is 1. The van der Waals surface area contributed by atoms with Gasteiger partial charge in [-0.15, -0.1) is 0 Å². The summed E-state index contributed by atoms with van der Waals surface area (Å²) in [5, 5.41) is 9.60. The Balaban J connectivity index is 1.39. The number of carbonyl (C=O) groups excluding carboxylic acids is 2. The highest BCUT2D eigenvalue weighted by Gasteiger charge is 2.42. The van der Waals surface area contributed by atoms with Crippen molar-refractivity contribution >= 4 is 18.2 Å². The number of hydroxylamine groups is 1. The zero-order valence-corrected chi connectivity index (χ0v) is 19.3. The third-order valence-corrected chi connectivity index (χ3v) is 5.83. The van der Waals surface area contributed by atoms with Gasteiger partial charge in [-0.05, 0) is 43.0 Å². The van der Waals surface area contributed by atoms with Gasteiger partial charge in [-0.2, -0.15) is 5.48 Å². The maximum atomic E-state index is 12.9. The lowest BCUT2D eigenvalue weighted by Gasteiger charge is -2.22. The van der Waals surface area contributed by atoms with Gasteiger partial charge in [0.15, 0.2) is 0 Å². The van der Waals surface area contributed by atoms with E-state index in [1.807, 2.05) is 48.5 Å². The number of hydrogen-bond acceptors (Lipinski definition) is 6. The topological polar surface area (TPSA) is 114 Å². The lowest BCUT2D eigenvalue weighted by atomic mass is 9.98. The van der Waals surface area contributed by atoms with Crippen molar-refractivity contribution in [3.05, 3.63) is 59.7 Å². The van der Waals surface area contributed by atoms with Gasteiger partial charge in [0.1, 0.15) is 24.4 Å². The van der Waals surface area contributed by atoms with E-state index in [-0.39, 0.29) is 25.5 Å². The fourth-order valence-electron chi connectivity index (χ4n) is 4.43.